The molecule has 3 rings (SSSR count). The van der Waals surface area contributed by atoms with Crippen molar-refractivity contribution in [2.45, 2.75) is 65.7 Å². The number of aliphatic hydroxyl groups is 1. The lowest BCUT2D eigenvalue weighted by molar-refractivity contribution is -0.136. The van der Waals surface area contributed by atoms with Gasteiger partial charge in [0.05, 0.1) is 30.9 Å². The Morgan fingerprint density at radius 3 is 2.74 bits per heavy atom. The maximum Gasteiger partial charge on any atom is 0.237 e. The van der Waals surface area contributed by atoms with Gasteiger partial charge in [-0.3, -0.25) is 9.69 Å². The molecule has 1 N–H and O–H groups in total. The quantitative estimate of drug-likeness (QED) is 0.538. The van der Waals surface area contributed by atoms with E-state index in [1.807, 2.05) is 43.6 Å². The monoisotopic (exact) mass is 488 g/mol. The minimum absolute atomic E-state index is 0.0665. The molecule has 7 heteroatoms. The molecule has 188 valence electrons. The predicted molar refractivity (Wildman–Crippen MR) is 138 cm³/mol. The van der Waals surface area contributed by atoms with Crippen molar-refractivity contribution in [3.63, 3.8) is 0 Å². The fourth-order valence-electron chi connectivity index (χ4n) is 4.29. The van der Waals surface area contributed by atoms with E-state index in [1.54, 1.807) is 11.3 Å². The van der Waals surface area contributed by atoms with Gasteiger partial charge in [-0.25, -0.2) is 0 Å². The molecule has 1 aliphatic rings. The van der Waals surface area contributed by atoms with Crippen LogP contribution in [-0.4, -0.2) is 71.9 Å². The number of hydrogen-bond acceptors (Lipinski definition) is 6. The number of nitrogens with zero attached hydrogens (tertiary/aromatic N) is 2. The number of likely N-dealkylation sites (N-methyl/N-ethyl adjacent to an activating group) is 1. The Balaban J connectivity index is 1.67. The molecule has 0 spiro atoms. The second-order valence-corrected chi connectivity index (χ2v) is 11.1. The van der Waals surface area contributed by atoms with E-state index in [9.17, 15) is 9.90 Å². The number of carbonyl (C=O) groups is 1. The summed E-state index contributed by atoms with van der Waals surface area (Å²) in [7, 11) is 0. The molecule has 0 aliphatic carbocycles. The number of aryl methyl sites for hydroxylation is 2. The van der Waals surface area contributed by atoms with Crippen molar-refractivity contribution in [3.8, 4) is 5.75 Å². The number of ether oxygens (including phenoxy) is 2. The number of rotatable bonds is 10. The number of fused-ring (bicyclic) bond motifs is 1. The molecule has 2 unspecified atom stereocenters. The topological polar surface area (TPSA) is 62.2 Å². The van der Waals surface area contributed by atoms with Crippen LogP contribution in [0.5, 0.6) is 5.75 Å². The fourth-order valence-corrected chi connectivity index (χ4v) is 5.22. The Bertz CT molecular complexity index is 952. The fraction of sp³-hybridized carbons (Fsp3) is 0.593. The Morgan fingerprint density at radius 1 is 1.29 bits per heavy atom. The van der Waals surface area contributed by atoms with Crippen molar-refractivity contribution in [1.82, 2.24) is 9.80 Å². The molecule has 1 aromatic carbocycles. The van der Waals surface area contributed by atoms with Gasteiger partial charge in [0.15, 0.2) is 0 Å². The van der Waals surface area contributed by atoms with Gasteiger partial charge in [0.2, 0.25) is 5.91 Å². The molecule has 6 nitrogen and oxygen atoms in total. The molecule has 0 radical (unpaired) electrons. The van der Waals surface area contributed by atoms with Gasteiger partial charge in [0, 0.05) is 18.0 Å². The molecule has 2 atom stereocenters. The van der Waals surface area contributed by atoms with Crippen LogP contribution in [-0.2, 0) is 16.0 Å². The normalized spacial score (nSPS) is 17.1. The van der Waals surface area contributed by atoms with E-state index >= 15 is 0 Å². The highest BCUT2D eigenvalue weighted by molar-refractivity contribution is 7.10. The van der Waals surface area contributed by atoms with Gasteiger partial charge in [-0.1, -0.05) is 24.6 Å². The maximum absolute atomic E-state index is 13.5. The highest BCUT2D eigenvalue weighted by atomic mass is 32.1. The zero-order valence-corrected chi connectivity index (χ0v) is 22.3. The number of aliphatic hydroxyl groups excluding tert-OH is 1. The van der Waals surface area contributed by atoms with E-state index in [4.69, 9.17) is 9.47 Å². The summed E-state index contributed by atoms with van der Waals surface area (Å²) in [6, 6.07) is 8.18. The number of amides is 1. The highest BCUT2D eigenvalue weighted by Crippen LogP contribution is 2.34. The minimum Gasteiger partial charge on any atom is -0.491 e. The highest BCUT2D eigenvalue weighted by Gasteiger charge is 2.33. The predicted octanol–water partition coefficient (Wildman–Crippen LogP) is 4.37. The zero-order valence-electron chi connectivity index (χ0n) is 21.5. The lowest BCUT2D eigenvalue weighted by Crippen LogP contribution is -2.48. The first-order valence-electron chi connectivity index (χ1n) is 12.2. The van der Waals surface area contributed by atoms with Crippen molar-refractivity contribution >= 4 is 17.2 Å². The van der Waals surface area contributed by atoms with E-state index in [2.05, 4.69) is 37.4 Å². The van der Waals surface area contributed by atoms with E-state index < -0.39 is 6.10 Å². The lowest BCUT2D eigenvalue weighted by Gasteiger charge is -2.37. The summed E-state index contributed by atoms with van der Waals surface area (Å²) in [4.78, 5) is 18.7. The summed E-state index contributed by atoms with van der Waals surface area (Å²) >= 11 is 1.75. The van der Waals surface area contributed by atoms with Crippen molar-refractivity contribution < 1.29 is 19.4 Å². The van der Waals surface area contributed by atoms with Crippen LogP contribution in [0.2, 0.25) is 0 Å². The van der Waals surface area contributed by atoms with Crippen LogP contribution in [0.3, 0.4) is 0 Å². The molecule has 0 saturated heterocycles. The summed E-state index contributed by atoms with van der Waals surface area (Å²) in [5.74, 6) is 0.925. The average Bonchev–Trinajstić information content (AvgIpc) is 3.25. The molecular weight excluding hydrogens is 448 g/mol. The smallest absolute Gasteiger partial charge is 0.237 e. The van der Waals surface area contributed by atoms with Crippen molar-refractivity contribution in [2.75, 3.05) is 39.4 Å². The van der Waals surface area contributed by atoms with Crippen LogP contribution < -0.4 is 4.74 Å². The molecule has 2 heterocycles. The van der Waals surface area contributed by atoms with Gasteiger partial charge in [-0.15, -0.1) is 11.3 Å². The molecule has 2 aromatic rings. The second-order valence-electron chi connectivity index (χ2n) is 10.1. The largest absolute Gasteiger partial charge is 0.491 e. The standard InChI is InChI=1S/C27H40N2O4S/c1-7-28(15-21(30)17-33-27(4,5)6)16-26(31)29-12-10-25-22(11-13-34-25)23(29)18-32-24-9-8-19(2)14-20(24)3/h8-9,11,13-14,21,23,30H,7,10,12,15-18H2,1-6H3. The first kappa shape index (κ1) is 26.7. The minimum atomic E-state index is -0.638. The van der Waals surface area contributed by atoms with E-state index in [0.717, 1.165) is 17.7 Å². The van der Waals surface area contributed by atoms with Gasteiger partial charge < -0.3 is 19.5 Å². The molecule has 0 saturated carbocycles. The lowest BCUT2D eigenvalue weighted by atomic mass is 10.00. The zero-order chi connectivity index (χ0) is 24.9. The van der Waals surface area contributed by atoms with Crippen molar-refractivity contribution in [3.05, 3.63) is 51.2 Å². The average molecular weight is 489 g/mol. The molecule has 0 fully saturated rings. The first-order chi connectivity index (χ1) is 16.1. The SMILES string of the molecule is CCN(CC(=O)N1CCc2sccc2C1COc1ccc(C)cc1C)CC(O)COC(C)(C)C. The van der Waals surface area contributed by atoms with E-state index in [0.29, 0.717) is 26.2 Å². The molecule has 1 amide bonds. The van der Waals surface area contributed by atoms with Crippen molar-refractivity contribution in [2.24, 2.45) is 0 Å². The Labute approximate surface area is 208 Å². The second kappa shape index (κ2) is 11.7. The van der Waals surface area contributed by atoms with Gasteiger partial charge in [0.25, 0.3) is 0 Å². The van der Waals surface area contributed by atoms with E-state index in [-0.39, 0.29) is 30.7 Å². The van der Waals surface area contributed by atoms with Crippen LogP contribution >= 0.6 is 11.3 Å². The maximum atomic E-state index is 13.5. The molecule has 0 bridgehead atoms. The van der Waals surface area contributed by atoms with Gasteiger partial charge in [-0.2, -0.15) is 0 Å². The first-order valence-corrected chi connectivity index (χ1v) is 13.1. The van der Waals surface area contributed by atoms with Crippen LogP contribution in [0.1, 0.15) is 55.3 Å². The Morgan fingerprint density at radius 2 is 2.06 bits per heavy atom. The Kier molecular flexibility index (Phi) is 9.15. The number of thiophene rings is 1. The molecule has 1 aliphatic heterocycles. The number of carbonyl (C=O) groups excluding carboxylic acids is 1. The van der Waals surface area contributed by atoms with E-state index in [1.165, 1.54) is 16.0 Å². The van der Waals surface area contributed by atoms with Crippen molar-refractivity contribution in [1.29, 1.82) is 0 Å². The summed E-state index contributed by atoms with van der Waals surface area (Å²) in [6.45, 7) is 14.7. The summed E-state index contributed by atoms with van der Waals surface area (Å²) < 4.78 is 11.9. The third-order valence-corrected chi connectivity index (χ3v) is 7.12. The third kappa shape index (κ3) is 7.28. The van der Waals surface area contributed by atoms with Gasteiger partial charge >= 0.3 is 0 Å². The molecular formula is C27H40N2O4S. The summed E-state index contributed by atoms with van der Waals surface area (Å²) in [5.41, 5.74) is 3.19. The van der Waals surface area contributed by atoms with Crippen LogP contribution in [0.4, 0.5) is 0 Å². The van der Waals surface area contributed by atoms with Crippen LogP contribution in [0.15, 0.2) is 29.6 Å². The Hall–Kier alpha value is -1.93. The molecule has 1 aromatic heterocycles. The van der Waals surface area contributed by atoms with Gasteiger partial charge in [-0.05, 0) is 76.2 Å². The van der Waals surface area contributed by atoms with Crippen LogP contribution in [0.25, 0.3) is 0 Å². The van der Waals surface area contributed by atoms with Gasteiger partial charge in [0.1, 0.15) is 12.4 Å². The number of hydrogen-bond donors (Lipinski definition) is 1. The summed E-state index contributed by atoms with van der Waals surface area (Å²) in [6.07, 6.45) is 0.230. The van der Waals surface area contributed by atoms with Crippen LogP contribution in [0, 0.1) is 13.8 Å². The third-order valence-electron chi connectivity index (χ3n) is 6.13. The molecule has 34 heavy (non-hydrogen) atoms. The number of benzene rings is 1. The summed E-state index contributed by atoms with van der Waals surface area (Å²) in [5, 5.41) is 12.5.